The molecular formula is C21H31N5O2S. The first-order valence-corrected chi connectivity index (χ1v) is 11.7. The van der Waals surface area contributed by atoms with Gasteiger partial charge in [-0.25, -0.2) is 4.98 Å². The second kappa shape index (κ2) is 8.92. The maximum absolute atomic E-state index is 13.2. The number of aromatic nitrogens is 3. The number of rotatable bonds is 5. The second-order valence-electron chi connectivity index (χ2n) is 8.53. The van der Waals surface area contributed by atoms with Crippen LogP contribution in [0.25, 0.3) is 0 Å². The minimum atomic E-state index is -0.472. The number of hydrogen-bond donors (Lipinski definition) is 1. The van der Waals surface area contributed by atoms with Gasteiger partial charge >= 0.3 is 0 Å². The van der Waals surface area contributed by atoms with E-state index in [9.17, 15) is 4.79 Å². The molecule has 0 aromatic carbocycles. The summed E-state index contributed by atoms with van der Waals surface area (Å²) >= 11 is 1.70. The number of aryl methyl sites for hydroxylation is 2. The Morgan fingerprint density at radius 3 is 2.52 bits per heavy atom. The molecule has 0 spiro atoms. The Kier molecular flexibility index (Phi) is 6.29. The number of likely N-dealkylation sites (tertiary alicyclic amines) is 1. The van der Waals surface area contributed by atoms with Crippen molar-refractivity contribution in [3.05, 3.63) is 27.8 Å². The first kappa shape index (κ1) is 20.5. The van der Waals surface area contributed by atoms with Gasteiger partial charge in [0.05, 0.1) is 10.7 Å². The van der Waals surface area contributed by atoms with Crippen molar-refractivity contribution in [2.45, 2.75) is 77.3 Å². The highest BCUT2D eigenvalue weighted by Crippen LogP contribution is 2.35. The van der Waals surface area contributed by atoms with E-state index >= 15 is 0 Å². The van der Waals surface area contributed by atoms with Crippen LogP contribution >= 0.6 is 11.3 Å². The summed E-state index contributed by atoms with van der Waals surface area (Å²) in [5, 5.41) is 10.8. The van der Waals surface area contributed by atoms with Gasteiger partial charge in [0.2, 0.25) is 11.8 Å². The SMILES string of the molecule is Cc1nc(C2(NC(=O)C3CCN(Cc4csc(C)n4)CC3)CCCCCC2)no1. The fourth-order valence-electron chi connectivity index (χ4n) is 4.63. The van der Waals surface area contributed by atoms with Crippen molar-refractivity contribution in [2.75, 3.05) is 13.1 Å². The Balaban J connectivity index is 1.38. The molecule has 2 aromatic rings. The highest BCUT2D eigenvalue weighted by molar-refractivity contribution is 7.09. The highest BCUT2D eigenvalue weighted by Gasteiger charge is 2.40. The summed E-state index contributed by atoms with van der Waals surface area (Å²) in [7, 11) is 0. The van der Waals surface area contributed by atoms with E-state index in [-0.39, 0.29) is 11.8 Å². The average molecular weight is 418 g/mol. The molecule has 1 amide bonds. The molecule has 0 atom stereocenters. The minimum absolute atomic E-state index is 0.0524. The van der Waals surface area contributed by atoms with E-state index < -0.39 is 5.54 Å². The van der Waals surface area contributed by atoms with Gasteiger partial charge in [-0.1, -0.05) is 30.8 Å². The number of amides is 1. The third-order valence-electron chi connectivity index (χ3n) is 6.29. The number of piperidine rings is 1. The summed E-state index contributed by atoms with van der Waals surface area (Å²) in [6.07, 6.45) is 8.11. The second-order valence-corrected chi connectivity index (χ2v) is 9.59. The molecule has 158 valence electrons. The highest BCUT2D eigenvalue weighted by atomic mass is 32.1. The van der Waals surface area contributed by atoms with Gasteiger partial charge in [-0.15, -0.1) is 11.3 Å². The Bertz CT molecular complexity index is 817. The smallest absolute Gasteiger partial charge is 0.224 e. The molecule has 1 saturated heterocycles. The Morgan fingerprint density at radius 1 is 1.21 bits per heavy atom. The molecule has 1 aliphatic carbocycles. The van der Waals surface area contributed by atoms with Crippen LogP contribution in [0.4, 0.5) is 0 Å². The summed E-state index contributed by atoms with van der Waals surface area (Å²) in [5.74, 6) is 1.42. The number of carbonyl (C=O) groups excluding carboxylic acids is 1. The summed E-state index contributed by atoms with van der Waals surface area (Å²) < 4.78 is 5.26. The maximum Gasteiger partial charge on any atom is 0.224 e. The average Bonchev–Trinajstić information content (AvgIpc) is 3.25. The largest absolute Gasteiger partial charge is 0.343 e. The summed E-state index contributed by atoms with van der Waals surface area (Å²) in [4.78, 5) is 24.7. The van der Waals surface area contributed by atoms with Crippen LogP contribution in [-0.2, 0) is 16.9 Å². The summed E-state index contributed by atoms with van der Waals surface area (Å²) in [5.41, 5.74) is 0.668. The standard InChI is InChI=1S/C21H31N5O2S/c1-15-22-20(25-28-15)21(9-5-3-4-6-10-21)24-19(27)17-7-11-26(12-8-17)13-18-14-29-16(2)23-18/h14,17H,3-13H2,1-2H3,(H,24,27). The van der Waals surface area contributed by atoms with Crippen LogP contribution in [0, 0.1) is 19.8 Å². The molecule has 2 aromatic heterocycles. The lowest BCUT2D eigenvalue weighted by atomic mass is 9.87. The van der Waals surface area contributed by atoms with Gasteiger partial charge < -0.3 is 9.84 Å². The zero-order valence-electron chi connectivity index (χ0n) is 17.4. The predicted molar refractivity (Wildman–Crippen MR) is 111 cm³/mol. The lowest BCUT2D eigenvalue weighted by molar-refractivity contribution is -0.129. The van der Waals surface area contributed by atoms with E-state index in [1.807, 2.05) is 13.8 Å². The molecule has 8 heteroatoms. The minimum Gasteiger partial charge on any atom is -0.343 e. The molecular weight excluding hydrogens is 386 g/mol. The quantitative estimate of drug-likeness (QED) is 0.747. The van der Waals surface area contributed by atoms with Crippen molar-refractivity contribution in [3.63, 3.8) is 0 Å². The fraction of sp³-hybridized carbons (Fsp3) is 0.714. The van der Waals surface area contributed by atoms with E-state index in [0.717, 1.165) is 68.9 Å². The third kappa shape index (κ3) is 4.86. The topological polar surface area (TPSA) is 84.2 Å². The zero-order valence-corrected chi connectivity index (χ0v) is 18.3. The molecule has 1 N–H and O–H groups in total. The van der Waals surface area contributed by atoms with Crippen molar-refractivity contribution < 1.29 is 9.32 Å². The maximum atomic E-state index is 13.2. The normalized spacial score (nSPS) is 21.0. The molecule has 0 bridgehead atoms. The predicted octanol–water partition coefficient (Wildman–Crippen LogP) is 3.72. The van der Waals surface area contributed by atoms with E-state index in [4.69, 9.17) is 4.52 Å². The van der Waals surface area contributed by atoms with Crippen LogP contribution in [0.15, 0.2) is 9.90 Å². The fourth-order valence-corrected chi connectivity index (χ4v) is 5.24. The van der Waals surface area contributed by atoms with Gasteiger partial charge in [0, 0.05) is 24.8 Å². The van der Waals surface area contributed by atoms with Gasteiger partial charge in [0.1, 0.15) is 5.54 Å². The third-order valence-corrected chi connectivity index (χ3v) is 7.11. The Labute approximate surface area is 176 Å². The number of carbonyl (C=O) groups is 1. The monoisotopic (exact) mass is 417 g/mol. The molecule has 2 aliphatic rings. The number of thiazole rings is 1. The van der Waals surface area contributed by atoms with Crippen molar-refractivity contribution >= 4 is 17.2 Å². The lowest BCUT2D eigenvalue weighted by Crippen LogP contribution is -2.50. The van der Waals surface area contributed by atoms with Crippen LogP contribution in [0.3, 0.4) is 0 Å². The molecule has 1 aliphatic heterocycles. The van der Waals surface area contributed by atoms with E-state index in [0.29, 0.717) is 11.7 Å². The van der Waals surface area contributed by atoms with Crippen molar-refractivity contribution in [2.24, 2.45) is 5.92 Å². The molecule has 0 radical (unpaired) electrons. The molecule has 4 rings (SSSR count). The molecule has 2 fully saturated rings. The van der Waals surface area contributed by atoms with Crippen LogP contribution in [0.5, 0.6) is 0 Å². The Morgan fingerprint density at radius 2 is 1.93 bits per heavy atom. The summed E-state index contributed by atoms with van der Waals surface area (Å²) in [6, 6.07) is 0. The Hall–Kier alpha value is -1.80. The lowest BCUT2D eigenvalue weighted by Gasteiger charge is -2.35. The number of hydrogen-bond acceptors (Lipinski definition) is 7. The van der Waals surface area contributed by atoms with Crippen LogP contribution in [0.1, 0.15) is 73.8 Å². The van der Waals surface area contributed by atoms with Crippen LogP contribution < -0.4 is 5.32 Å². The van der Waals surface area contributed by atoms with Crippen LogP contribution in [0.2, 0.25) is 0 Å². The molecule has 1 saturated carbocycles. The van der Waals surface area contributed by atoms with Crippen molar-refractivity contribution in [1.29, 1.82) is 0 Å². The van der Waals surface area contributed by atoms with Crippen LogP contribution in [-0.4, -0.2) is 39.0 Å². The number of nitrogens with zero attached hydrogens (tertiary/aromatic N) is 4. The first-order chi connectivity index (χ1) is 14.0. The van der Waals surface area contributed by atoms with E-state index in [1.165, 1.54) is 12.8 Å². The van der Waals surface area contributed by atoms with Crippen molar-refractivity contribution in [1.82, 2.24) is 25.3 Å². The van der Waals surface area contributed by atoms with Gasteiger partial charge in [0.25, 0.3) is 0 Å². The summed E-state index contributed by atoms with van der Waals surface area (Å²) in [6.45, 7) is 6.60. The van der Waals surface area contributed by atoms with E-state index in [1.54, 1.807) is 11.3 Å². The van der Waals surface area contributed by atoms with Gasteiger partial charge in [-0.05, 0) is 45.7 Å². The molecule has 7 nitrogen and oxygen atoms in total. The van der Waals surface area contributed by atoms with Crippen molar-refractivity contribution in [3.8, 4) is 0 Å². The molecule has 0 unspecified atom stereocenters. The van der Waals surface area contributed by atoms with Gasteiger partial charge in [-0.3, -0.25) is 9.69 Å². The van der Waals surface area contributed by atoms with Gasteiger partial charge in [-0.2, -0.15) is 4.98 Å². The zero-order chi connectivity index (χ0) is 20.3. The van der Waals surface area contributed by atoms with Gasteiger partial charge in [0.15, 0.2) is 5.82 Å². The van der Waals surface area contributed by atoms with E-state index in [2.05, 4.69) is 30.7 Å². The first-order valence-electron chi connectivity index (χ1n) is 10.8. The molecule has 3 heterocycles. The number of nitrogens with one attached hydrogen (secondary N) is 1. The molecule has 29 heavy (non-hydrogen) atoms.